The number of alkyl halides is 5. The first-order chi connectivity index (χ1) is 27.9. The lowest BCUT2D eigenvalue weighted by Crippen LogP contribution is -2.28. The Morgan fingerprint density at radius 2 is 1.70 bits per heavy atom. The minimum atomic E-state index is -4.75. The van der Waals surface area contributed by atoms with Crippen molar-refractivity contribution < 1.29 is 49.1 Å². The normalized spacial score (nSPS) is 17.3. The van der Waals surface area contributed by atoms with E-state index in [1.54, 1.807) is 13.8 Å². The molecule has 0 radical (unpaired) electrons. The zero-order chi connectivity index (χ0) is 44.3. The Morgan fingerprint density at radius 3 is 2.32 bits per heavy atom. The van der Waals surface area contributed by atoms with Crippen molar-refractivity contribution in [1.29, 1.82) is 0 Å². The molecule has 2 aliphatic carbocycles. The summed E-state index contributed by atoms with van der Waals surface area (Å²) >= 11 is 6.44. The fourth-order valence-corrected chi connectivity index (χ4v) is 8.07. The van der Waals surface area contributed by atoms with Gasteiger partial charge in [-0.05, 0) is 88.3 Å². The Kier molecular flexibility index (Phi) is 12.0. The summed E-state index contributed by atoms with van der Waals surface area (Å²) in [5.74, 6) is -2.94. The van der Waals surface area contributed by atoms with Gasteiger partial charge in [0.15, 0.2) is 21.4 Å². The second-order valence-electron chi connectivity index (χ2n) is 15.5. The lowest BCUT2D eigenvalue weighted by atomic mass is 9.86. The molecule has 0 aliphatic heterocycles. The molecule has 10 nitrogen and oxygen atoms in total. The van der Waals surface area contributed by atoms with Crippen molar-refractivity contribution in [2.45, 2.75) is 88.7 Å². The Balaban J connectivity index is 0.00000195. The van der Waals surface area contributed by atoms with Gasteiger partial charge in [0.2, 0.25) is 0 Å². The number of aliphatic hydroxyl groups excluding tert-OH is 1. The van der Waals surface area contributed by atoms with Crippen LogP contribution in [-0.2, 0) is 40.1 Å². The van der Waals surface area contributed by atoms with Crippen LogP contribution in [0.25, 0.3) is 22.0 Å². The van der Waals surface area contributed by atoms with E-state index in [0.717, 1.165) is 23.1 Å². The van der Waals surface area contributed by atoms with E-state index in [9.17, 15) is 35.2 Å². The Morgan fingerprint density at radius 1 is 1.07 bits per heavy atom. The third-order valence-corrected chi connectivity index (χ3v) is 12.8. The number of nitrogen functional groups attached to an aromatic ring is 1. The second-order valence-corrected chi connectivity index (χ2v) is 18.4. The summed E-state index contributed by atoms with van der Waals surface area (Å²) in [4.78, 5) is 18.8. The molecule has 0 amide bonds. The molecule has 1 fully saturated rings. The summed E-state index contributed by atoms with van der Waals surface area (Å²) in [5.41, 5.74) is 6.68. The number of aromatic nitrogens is 5. The molecule has 3 heterocycles. The van der Waals surface area contributed by atoms with E-state index in [1.165, 1.54) is 38.1 Å². The predicted octanol–water partition coefficient (Wildman–Crippen LogP) is 8.05. The van der Waals surface area contributed by atoms with Gasteiger partial charge < -0.3 is 10.8 Å². The van der Waals surface area contributed by atoms with Gasteiger partial charge in [-0.3, -0.25) is 14.2 Å². The number of aliphatic hydroxyl groups is 1. The smallest absolute Gasteiger partial charge is 0.397 e. The van der Waals surface area contributed by atoms with Crippen molar-refractivity contribution in [2.75, 3.05) is 18.6 Å². The molecule has 19 heteroatoms. The molecular formula is C41H40ClF7N6O4S. The molecule has 1 saturated carbocycles. The van der Waals surface area contributed by atoms with Crippen molar-refractivity contribution in [3.63, 3.8) is 0 Å². The van der Waals surface area contributed by atoms with Crippen LogP contribution in [-0.4, -0.2) is 67.6 Å². The third-order valence-electron chi connectivity index (χ3n) is 10.5. The van der Waals surface area contributed by atoms with E-state index in [-0.39, 0.29) is 74.5 Å². The van der Waals surface area contributed by atoms with Gasteiger partial charge in [-0.25, -0.2) is 22.2 Å². The maximum absolute atomic E-state index is 15.4. The van der Waals surface area contributed by atoms with Crippen LogP contribution in [0.15, 0.2) is 42.5 Å². The zero-order valence-electron chi connectivity index (χ0n) is 32.9. The molecule has 60 heavy (non-hydrogen) atoms. The number of pyridine rings is 1. The quantitative estimate of drug-likeness (QED) is 0.106. The Labute approximate surface area is 345 Å². The molecular weight excluding hydrogens is 841 g/mol. The number of ketones is 1. The van der Waals surface area contributed by atoms with Crippen molar-refractivity contribution in [2.24, 2.45) is 5.92 Å². The lowest BCUT2D eigenvalue weighted by Gasteiger charge is -2.22. The van der Waals surface area contributed by atoms with E-state index in [4.69, 9.17) is 27.4 Å². The summed E-state index contributed by atoms with van der Waals surface area (Å²) in [7, 11) is -3.71. The number of halogens is 8. The lowest BCUT2D eigenvalue weighted by molar-refractivity contribution is -0.141. The first-order valence-corrected chi connectivity index (χ1v) is 20.9. The van der Waals surface area contributed by atoms with E-state index in [0.29, 0.717) is 28.4 Å². The van der Waals surface area contributed by atoms with Crippen LogP contribution < -0.4 is 5.73 Å². The molecule has 7 rings (SSSR count). The van der Waals surface area contributed by atoms with Crippen molar-refractivity contribution >= 4 is 43.9 Å². The maximum atomic E-state index is 15.4. The third kappa shape index (κ3) is 8.89. The van der Waals surface area contributed by atoms with E-state index in [2.05, 4.69) is 22.0 Å². The number of nitrogens with two attached hydrogens (primary N) is 1. The minimum absolute atomic E-state index is 0.00684. The van der Waals surface area contributed by atoms with Gasteiger partial charge in [-0.2, -0.15) is 32.1 Å². The van der Waals surface area contributed by atoms with E-state index >= 15 is 8.78 Å². The number of fused-ring (bicyclic) bond motifs is 4. The average Bonchev–Trinajstić information content (AvgIpc) is 3.69. The summed E-state index contributed by atoms with van der Waals surface area (Å²) in [6.07, 6.45) is -4.19. The number of aryl methyl sites for hydroxylation is 1. The van der Waals surface area contributed by atoms with Gasteiger partial charge in [0.1, 0.15) is 40.9 Å². The first kappa shape index (κ1) is 44.6. The minimum Gasteiger partial charge on any atom is -0.397 e. The number of hydrogen-bond acceptors (Lipinski definition) is 8. The molecule has 0 unspecified atom stereocenters. The highest BCUT2D eigenvalue weighted by atomic mass is 35.5. The molecule has 2 aromatic carbocycles. The molecule has 3 aromatic heterocycles. The highest BCUT2D eigenvalue weighted by Gasteiger charge is 2.66. The average molecular weight is 881 g/mol. The monoisotopic (exact) mass is 880 g/mol. The van der Waals surface area contributed by atoms with Gasteiger partial charge in [0.05, 0.1) is 27.3 Å². The first-order valence-electron chi connectivity index (χ1n) is 18.6. The number of benzene rings is 2. The summed E-state index contributed by atoms with van der Waals surface area (Å²) in [6.45, 7) is 4.13. The molecule has 3 atom stereocenters. The van der Waals surface area contributed by atoms with Crippen molar-refractivity contribution in [3.05, 3.63) is 93.0 Å². The van der Waals surface area contributed by atoms with Crippen molar-refractivity contribution in [1.82, 2.24) is 24.5 Å². The fraction of sp³-hybridized carbons (Fsp3) is 0.415. The van der Waals surface area contributed by atoms with Gasteiger partial charge in [0.25, 0.3) is 5.92 Å². The molecule has 2 aliphatic rings. The van der Waals surface area contributed by atoms with Crippen LogP contribution in [0.3, 0.4) is 0 Å². The van der Waals surface area contributed by atoms with Gasteiger partial charge in [-0.15, -0.1) is 0 Å². The number of rotatable bonds is 10. The Hall–Kier alpha value is -4.99. The highest BCUT2D eigenvalue weighted by molar-refractivity contribution is 7.92. The molecule has 320 valence electrons. The number of Topliss-reactive ketones (excluding diaryl/α,β-unsaturated/α-hetero) is 1. The molecule has 5 aromatic rings. The summed E-state index contributed by atoms with van der Waals surface area (Å²) in [6, 6.07) is 8.35. The van der Waals surface area contributed by atoms with Crippen LogP contribution >= 0.6 is 11.6 Å². The second kappa shape index (κ2) is 16.1. The van der Waals surface area contributed by atoms with Crippen LogP contribution in [0.2, 0.25) is 5.02 Å². The number of hydrogen-bond donors (Lipinski definition) is 2. The fourth-order valence-electron chi connectivity index (χ4n) is 7.58. The van der Waals surface area contributed by atoms with E-state index < -0.39 is 75.4 Å². The van der Waals surface area contributed by atoms with Crippen LogP contribution in [0, 0.1) is 36.3 Å². The number of sulfone groups is 1. The van der Waals surface area contributed by atoms with Gasteiger partial charge >= 0.3 is 6.18 Å². The SMILES string of the molecule is CCO.Cc1nn(CC(=O)C[C@@H](Cc2cc(F)cc(F)c2)c2nc(C#CC(C)(C)S(C)(=O)=O)ccc2-c2ccc(Cl)c3c(N)nn(CC(F)(F)F)c23)c2c1[C@H]1C[C@H]1C2(F)F. The number of carbonyl (C=O) groups is 1. The van der Waals surface area contributed by atoms with Crippen LogP contribution in [0.5, 0.6) is 0 Å². The maximum Gasteiger partial charge on any atom is 0.408 e. The van der Waals surface area contributed by atoms with Crippen LogP contribution in [0.4, 0.5) is 36.6 Å². The topological polar surface area (TPSA) is 146 Å². The van der Waals surface area contributed by atoms with Gasteiger partial charge in [-0.1, -0.05) is 23.6 Å². The molecule has 0 spiro atoms. The van der Waals surface area contributed by atoms with Crippen LogP contribution in [0.1, 0.15) is 79.4 Å². The van der Waals surface area contributed by atoms with E-state index in [1.807, 2.05) is 0 Å². The predicted molar refractivity (Wildman–Crippen MR) is 211 cm³/mol. The molecule has 0 bridgehead atoms. The van der Waals surface area contributed by atoms with Crippen molar-refractivity contribution in [3.8, 4) is 23.0 Å². The number of anilines is 1. The number of carbonyl (C=O) groups excluding carboxylic acids is 1. The highest BCUT2D eigenvalue weighted by Crippen LogP contribution is 2.67. The summed E-state index contributed by atoms with van der Waals surface area (Å²) < 4.78 is 127. The molecule has 0 saturated heterocycles. The van der Waals surface area contributed by atoms with Gasteiger partial charge in [0, 0.05) is 53.9 Å². The largest absolute Gasteiger partial charge is 0.408 e. The summed E-state index contributed by atoms with van der Waals surface area (Å²) in [5, 5.41) is 15.7. The molecule has 3 N–H and O–H groups in total. The number of nitrogens with zero attached hydrogens (tertiary/aromatic N) is 5. The Bertz CT molecular complexity index is 2660. The standard InChI is InChI=1S/C39H34ClF7N6O3S.C2H6O/c1-19-31-28-16-29(28)39(46,47)35(31)52(50-19)17-25(54)14-21(11-20-12-22(41)15-23(42)13-20)33-26(6-5-24(49-33)9-10-37(2,3)57(4,55)56)27-7-8-30(40)32-34(27)53(51-36(32)48)18-38(43,44)45;1-2-3/h5-8,12-13,15,21,28-29H,11,14,16-18H2,1-4H3,(H2,48,51);3H,2H2,1H3/t21-,28+,29-;/m1./s1. The zero-order valence-corrected chi connectivity index (χ0v) is 34.5.